The molecule has 1 aromatic heterocycles. The minimum absolute atomic E-state index is 0.00599. The molecule has 2 aromatic carbocycles. The molecule has 1 amide bonds. The Hall–Kier alpha value is -2.62. The van der Waals surface area contributed by atoms with Crippen LogP contribution in [0.3, 0.4) is 0 Å². The molecule has 2 N–H and O–H groups in total. The maximum atomic E-state index is 12.6. The summed E-state index contributed by atoms with van der Waals surface area (Å²) in [5.74, 6) is 0.858. The minimum Gasteiger partial charge on any atom is -0.349 e. The molecule has 4 nitrogen and oxygen atoms in total. The van der Waals surface area contributed by atoms with Crippen LogP contribution >= 0.6 is 0 Å². The van der Waals surface area contributed by atoms with E-state index >= 15 is 0 Å². The van der Waals surface area contributed by atoms with Crippen LogP contribution in [-0.2, 0) is 12.8 Å². The second kappa shape index (κ2) is 6.11. The highest BCUT2D eigenvalue weighted by molar-refractivity contribution is 5.97. The van der Waals surface area contributed by atoms with Crippen molar-refractivity contribution in [2.75, 3.05) is 0 Å². The fourth-order valence-electron chi connectivity index (χ4n) is 3.58. The van der Waals surface area contributed by atoms with Gasteiger partial charge in [-0.05, 0) is 61.9 Å². The number of carbonyl (C=O) groups excluding carboxylic acids is 1. The number of fused-ring (bicyclic) bond motifs is 2. The molecule has 1 aliphatic rings. The molecular weight excluding hydrogens is 298 g/mol. The van der Waals surface area contributed by atoms with Crippen molar-refractivity contribution < 1.29 is 4.79 Å². The largest absolute Gasteiger partial charge is 0.349 e. The summed E-state index contributed by atoms with van der Waals surface area (Å²) in [6, 6.07) is 14.4. The molecule has 0 spiro atoms. The van der Waals surface area contributed by atoms with Gasteiger partial charge < -0.3 is 10.3 Å². The molecule has 1 atom stereocenters. The third kappa shape index (κ3) is 2.92. The lowest BCUT2D eigenvalue weighted by molar-refractivity contribution is 0.0935. The summed E-state index contributed by atoms with van der Waals surface area (Å²) in [5.41, 5.74) is 5.27. The van der Waals surface area contributed by atoms with Crippen LogP contribution in [0.1, 0.15) is 40.2 Å². The molecule has 24 heavy (non-hydrogen) atoms. The monoisotopic (exact) mass is 319 g/mol. The lowest BCUT2D eigenvalue weighted by Gasteiger charge is -2.17. The van der Waals surface area contributed by atoms with E-state index < -0.39 is 0 Å². The van der Waals surface area contributed by atoms with Crippen molar-refractivity contribution >= 4 is 16.9 Å². The number of aromatic nitrogens is 2. The number of carbonyl (C=O) groups is 1. The Bertz CT molecular complexity index is 897. The van der Waals surface area contributed by atoms with Gasteiger partial charge in [-0.25, -0.2) is 4.98 Å². The lowest BCUT2D eigenvalue weighted by atomic mass is 10.0. The smallest absolute Gasteiger partial charge is 0.251 e. The summed E-state index contributed by atoms with van der Waals surface area (Å²) in [6.45, 7) is 1.92. The Balaban J connectivity index is 1.52. The average molecular weight is 319 g/mol. The first-order chi connectivity index (χ1) is 11.7. The van der Waals surface area contributed by atoms with Crippen LogP contribution in [0.25, 0.3) is 11.0 Å². The summed E-state index contributed by atoms with van der Waals surface area (Å²) >= 11 is 0. The van der Waals surface area contributed by atoms with Gasteiger partial charge in [0.25, 0.3) is 5.91 Å². The number of imidazole rings is 1. The van der Waals surface area contributed by atoms with Crippen molar-refractivity contribution in [3.05, 3.63) is 65.0 Å². The van der Waals surface area contributed by atoms with Crippen molar-refractivity contribution in [2.45, 2.75) is 38.6 Å². The van der Waals surface area contributed by atoms with Gasteiger partial charge in [0.15, 0.2) is 0 Å². The van der Waals surface area contributed by atoms with E-state index in [0.717, 1.165) is 42.5 Å². The summed E-state index contributed by atoms with van der Waals surface area (Å²) in [6.07, 6.45) is 4.14. The van der Waals surface area contributed by atoms with Gasteiger partial charge in [0.05, 0.1) is 11.0 Å². The van der Waals surface area contributed by atoms with Gasteiger partial charge in [-0.3, -0.25) is 4.79 Å². The third-order valence-electron chi connectivity index (χ3n) is 4.78. The number of aryl methyl sites for hydroxylation is 2. The van der Waals surface area contributed by atoms with Crippen LogP contribution in [-0.4, -0.2) is 21.9 Å². The van der Waals surface area contributed by atoms with Crippen molar-refractivity contribution in [3.8, 4) is 0 Å². The van der Waals surface area contributed by atoms with Gasteiger partial charge in [0, 0.05) is 11.6 Å². The number of hydrogen-bond acceptors (Lipinski definition) is 2. The highest BCUT2D eigenvalue weighted by Crippen LogP contribution is 2.21. The second-order valence-corrected chi connectivity index (χ2v) is 6.59. The van der Waals surface area contributed by atoms with Crippen LogP contribution in [0.15, 0.2) is 42.5 Å². The Labute approximate surface area is 141 Å². The van der Waals surface area contributed by atoms with E-state index in [9.17, 15) is 4.79 Å². The SMILES string of the molecule is Cc1nc2ccc(C(=O)N[C@H]3CCCc4ccccc4C3)cc2[nH]1. The molecule has 0 fully saturated rings. The van der Waals surface area contributed by atoms with Crippen LogP contribution in [0, 0.1) is 6.92 Å². The molecule has 0 bridgehead atoms. The van der Waals surface area contributed by atoms with Crippen LogP contribution in [0.4, 0.5) is 0 Å². The summed E-state index contributed by atoms with van der Waals surface area (Å²) in [7, 11) is 0. The van der Waals surface area contributed by atoms with Crippen LogP contribution in [0.5, 0.6) is 0 Å². The number of nitrogens with zero attached hydrogens (tertiary/aromatic N) is 1. The Kier molecular flexibility index (Phi) is 3.81. The molecule has 0 saturated carbocycles. The summed E-state index contributed by atoms with van der Waals surface area (Å²) in [4.78, 5) is 20.2. The minimum atomic E-state index is -0.00599. The Morgan fingerprint density at radius 2 is 2.04 bits per heavy atom. The second-order valence-electron chi connectivity index (χ2n) is 6.59. The molecule has 0 aliphatic heterocycles. The molecule has 3 aromatic rings. The van der Waals surface area contributed by atoms with E-state index in [-0.39, 0.29) is 11.9 Å². The predicted molar refractivity (Wildman–Crippen MR) is 95.2 cm³/mol. The molecular formula is C20H21N3O. The fraction of sp³-hybridized carbons (Fsp3) is 0.300. The third-order valence-corrected chi connectivity index (χ3v) is 4.78. The number of rotatable bonds is 2. The van der Waals surface area contributed by atoms with Gasteiger partial charge in [-0.1, -0.05) is 24.3 Å². The zero-order valence-electron chi connectivity index (χ0n) is 13.8. The average Bonchev–Trinajstić information content (AvgIpc) is 2.82. The number of aromatic amines is 1. The van der Waals surface area contributed by atoms with Gasteiger partial charge in [0.1, 0.15) is 5.82 Å². The molecule has 0 radical (unpaired) electrons. The van der Waals surface area contributed by atoms with Crippen LogP contribution in [0.2, 0.25) is 0 Å². The first-order valence-electron chi connectivity index (χ1n) is 8.53. The summed E-state index contributed by atoms with van der Waals surface area (Å²) < 4.78 is 0. The number of amides is 1. The quantitative estimate of drug-likeness (QED) is 0.710. The number of hydrogen-bond donors (Lipinski definition) is 2. The van der Waals surface area contributed by atoms with Crippen molar-refractivity contribution in [3.63, 3.8) is 0 Å². The zero-order valence-corrected chi connectivity index (χ0v) is 13.8. The predicted octanol–water partition coefficient (Wildman–Crippen LogP) is 3.55. The molecule has 1 heterocycles. The van der Waals surface area contributed by atoms with E-state index in [1.807, 2.05) is 25.1 Å². The molecule has 122 valence electrons. The number of H-pyrrole nitrogens is 1. The zero-order chi connectivity index (χ0) is 16.5. The standard InChI is InChI=1S/C20H21N3O/c1-13-21-18-10-9-16(12-19(18)22-13)20(24)23-17-8-4-7-14-5-2-3-6-15(14)11-17/h2-3,5-6,9-10,12,17H,4,7-8,11H2,1H3,(H,21,22)(H,23,24)/t17-/m0/s1. The van der Waals surface area contributed by atoms with Crippen molar-refractivity contribution in [2.24, 2.45) is 0 Å². The van der Waals surface area contributed by atoms with E-state index in [4.69, 9.17) is 0 Å². The number of benzene rings is 2. The van der Waals surface area contributed by atoms with Crippen LogP contribution < -0.4 is 5.32 Å². The molecule has 4 rings (SSSR count). The molecule has 0 unspecified atom stereocenters. The first-order valence-corrected chi connectivity index (χ1v) is 8.53. The van der Waals surface area contributed by atoms with Gasteiger partial charge in [-0.2, -0.15) is 0 Å². The molecule has 0 saturated heterocycles. The molecule has 1 aliphatic carbocycles. The number of nitrogens with one attached hydrogen (secondary N) is 2. The highest BCUT2D eigenvalue weighted by Gasteiger charge is 2.19. The normalized spacial score (nSPS) is 17.3. The summed E-state index contributed by atoms with van der Waals surface area (Å²) in [5, 5.41) is 3.21. The van der Waals surface area contributed by atoms with E-state index in [1.54, 1.807) is 0 Å². The fourth-order valence-corrected chi connectivity index (χ4v) is 3.58. The van der Waals surface area contributed by atoms with E-state index in [0.29, 0.717) is 5.56 Å². The first kappa shape index (κ1) is 14.9. The highest BCUT2D eigenvalue weighted by atomic mass is 16.1. The van der Waals surface area contributed by atoms with E-state index in [2.05, 4.69) is 39.6 Å². The van der Waals surface area contributed by atoms with Gasteiger partial charge in [-0.15, -0.1) is 0 Å². The lowest BCUT2D eigenvalue weighted by Crippen LogP contribution is -2.36. The molecule has 4 heteroatoms. The van der Waals surface area contributed by atoms with Crippen molar-refractivity contribution in [1.29, 1.82) is 0 Å². The topological polar surface area (TPSA) is 57.8 Å². The Morgan fingerprint density at radius 3 is 2.92 bits per heavy atom. The van der Waals surface area contributed by atoms with Crippen molar-refractivity contribution in [1.82, 2.24) is 15.3 Å². The van der Waals surface area contributed by atoms with Gasteiger partial charge >= 0.3 is 0 Å². The Morgan fingerprint density at radius 1 is 1.21 bits per heavy atom. The maximum Gasteiger partial charge on any atom is 0.251 e. The van der Waals surface area contributed by atoms with Gasteiger partial charge in [0.2, 0.25) is 0 Å². The van der Waals surface area contributed by atoms with E-state index in [1.165, 1.54) is 11.1 Å². The maximum absolute atomic E-state index is 12.6.